The zero-order valence-corrected chi connectivity index (χ0v) is 17.5. The van der Waals surface area contributed by atoms with Crippen LogP contribution in [0.3, 0.4) is 0 Å². The molecule has 3 atom stereocenters. The number of carbonyl (C=O) groups excluding carboxylic acids is 2. The Hall–Kier alpha value is -1.86. The average Bonchev–Trinajstić information content (AvgIpc) is 2.70. The zero-order valence-electron chi connectivity index (χ0n) is 15.9. The van der Waals surface area contributed by atoms with E-state index >= 15 is 0 Å². The molecule has 3 rings (SSSR count). The van der Waals surface area contributed by atoms with E-state index in [4.69, 9.17) is 18.9 Å². The van der Waals surface area contributed by atoms with Crippen molar-refractivity contribution in [1.82, 2.24) is 0 Å². The molecule has 0 spiro atoms. The Bertz CT molecular complexity index is 731. The van der Waals surface area contributed by atoms with Crippen molar-refractivity contribution in [3.8, 4) is 5.75 Å². The van der Waals surface area contributed by atoms with E-state index in [0.29, 0.717) is 31.6 Å². The SMILES string of the molecule is CCCCOC(=O)COC1CCC2C(=O)C(Oc3ccccc3Br)=COC2C1. The highest BCUT2D eigenvalue weighted by Crippen LogP contribution is 2.36. The van der Waals surface area contributed by atoms with Crippen molar-refractivity contribution >= 4 is 27.7 Å². The number of ketones is 1. The van der Waals surface area contributed by atoms with Gasteiger partial charge in [0.1, 0.15) is 24.7 Å². The summed E-state index contributed by atoms with van der Waals surface area (Å²) < 4.78 is 23.1. The molecular formula is C21H25BrO6. The van der Waals surface area contributed by atoms with Crippen LogP contribution in [0.1, 0.15) is 39.0 Å². The topological polar surface area (TPSA) is 71.1 Å². The van der Waals surface area contributed by atoms with Crippen molar-refractivity contribution in [1.29, 1.82) is 0 Å². The van der Waals surface area contributed by atoms with Gasteiger partial charge in [-0.25, -0.2) is 4.79 Å². The van der Waals surface area contributed by atoms with Crippen LogP contribution in [0.5, 0.6) is 5.75 Å². The molecule has 0 radical (unpaired) electrons. The largest absolute Gasteiger partial charge is 0.493 e. The number of allylic oxidation sites excluding steroid dienone is 1. The second-order valence-corrected chi connectivity index (χ2v) is 7.83. The first-order valence-electron chi connectivity index (χ1n) is 9.68. The second-order valence-electron chi connectivity index (χ2n) is 6.98. The maximum Gasteiger partial charge on any atom is 0.332 e. The fourth-order valence-corrected chi connectivity index (χ4v) is 3.73. The number of unbranched alkanes of at least 4 members (excludes halogenated alkanes) is 1. The highest BCUT2D eigenvalue weighted by molar-refractivity contribution is 9.10. The molecule has 1 aliphatic heterocycles. The molecule has 0 aromatic heterocycles. The summed E-state index contributed by atoms with van der Waals surface area (Å²) in [5, 5.41) is 0. The van der Waals surface area contributed by atoms with Crippen LogP contribution in [0.2, 0.25) is 0 Å². The van der Waals surface area contributed by atoms with Crippen molar-refractivity contribution < 1.29 is 28.5 Å². The fourth-order valence-electron chi connectivity index (χ4n) is 3.36. The van der Waals surface area contributed by atoms with Gasteiger partial charge in [0, 0.05) is 6.42 Å². The van der Waals surface area contributed by atoms with Crippen molar-refractivity contribution in [3.05, 3.63) is 40.8 Å². The first-order valence-corrected chi connectivity index (χ1v) is 10.5. The second kappa shape index (κ2) is 10.1. The maximum absolute atomic E-state index is 12.8. The summed E-state index contributed by atoms with van der Waals surface area (Å²) in [5.41, 5.74) is 0. The van der Waals surface area contributed by atoms with Gasteiger partial charge in [0.15, 0.2) is 0 Å². The van der Waals surface area contributed by atoms with E-state index in [1.807, 2.05) is 25.1 Å². The summed E-state index contributed by atoms with van der Waals surface area (Å²) in [5.74, 6) is 0.137. The molecule has 1 heterocycles. The van der Waals surface area contributed by atoms with Gasteiger partial charge in [-0.15, -0.1) is 0 Å². The van der Waals surface area contributed by atoms with E-state index in [-0.39, 0.29) is 42.2 Å². The van der Waals surface area contributed by atoms with Crippen molar-refractivity contribution in [2.24, 2.45) is 5.92 Å². The number of esters is 1. The van der Waals surface area contributed by atoms with Crippen LogP contribution < -0.4 is 4.74 Å². The predicted octanol–water partition coefficient (Wildman–Crippen LogP) is 4.17. The molecule has 152 valence electrons. The summed E-state index contributed by atoms with van der Waals surface area (Å²) in [7, 11) is 0. The number of rotatable bonds is 8. The van der Waals surface area contributed by atoms with Crippen LogP contribution in [0.4, 0.5) is 0 Å². The van der Waals surface area contributed by atoms with Gasteiger partial charge in [0.2, 0.25) is 11.5 Å². The minimum Gasteiger partial charge on any atom is -0.493 e. The van der Waals surface area contributed by atoms with Crippen LogP contribution in [0.25, 0.3) is 0 Å². The van der Waals surface area contributed by atoms with Gasteiger partial charge in [-0.2, -0.15) is 0 Å². The van der Waals surface area contributed by atoms with Crippen molar-refractivity contribution in [3.63, 3.8) is 0 Å². The number of carbonyl (C=O) groups is 2. The Balaban J connectivity index is 1.51. The van der Waals surface area contributed by atoms with Gasteiger partial charge in [-0.1, -0.05) is 25.5 Å². The molecule has 1 saturated carbocycles. The first-order chi connectivity index (χ1) is 13.6. The summed E-state index contributed by atoms with van der Waals surface area (Å²) in [6.07, 6.45) is 4.75. The molecule has 7 heteroatoms. The van der Waals surface area contributed by atoms with E-state index < -0.39 is 0 Å². The van der Waals surface area contributed by atoms with Crippen molar-refractivity contribution in [2.45, 2.75) is 51.2 Å². The van der Waals surface area contributed by atoms with Gasteiger partial charge in [-0.05, 0) is 47.3 Å². The van der Waals surface area contributed by atoms with E-state index in [1.54, 1.807) is 6.07 Å². The maximum atomic E-state index is 12.8. The number of benzene rings is 1. The Labute approximate surface area is 173 Å². The molecule has 1 aromatic carbocycles. The smallest absolute Gasteiger partial charge is 0.332 e. The monoisotopic (exact) mass is 452 g/mol. The number of hydrogen-bond acceptors (Lipinski definition) is 6. The number of hydrogen-bond donors (Lipinski definition) is 0. The molecule has 0 N–H and O–H groups in total. The van der Waals surface area contributed by atoms with Crippen LogP contribution in [0.15, 0.2) is 40.8 Å². The fraction of sp³-hybridized carbons (Fsp3) is 0.524. The Morgan fingerprint density at radius 1 is 1.29 bits per heavy atom. The molecule has 28 heavy (non-hydrogen) atoms. The molecule has 1 aliphatic carbocycles. The van der Waals surface area contributed by atoms with Crippen LogP contribution in [0, 0.1) is 5.92 Å². The quantitative estimate of drug-likeness (QED) is 0.435. The third-order valence-electron chi connectivity index (χ3n) is 4.93. The Morgan fingerprint density at radius 3 is 2.89 bits per heavy atom. The van der Waals surface area contributed by atoms with Crippen LogP contribution in [-0.4, -0.2) is 37.2 Å². The average molecular weight is 453 g/mol. The lowest BCUT2D eigenvalue weighted by Crippen LogP contribution is -2.42. The Morgan fingerprint density at radius 2 is 2.11 bits per heavy atom. The number of para-hydroxylation sites is 1. The minimum atomic E-state index is -0.347. The highest BCUT2D eigenvalue weighted by Gasteiger charge is 2.41. The van der Waals surface area contributed by atoms with E-state index in [0.717, 1.165) is 17.3 Å². The number of Topliss-reactive ketones (excluding diaryl/α,β-unsaturated/α-hetero) is 1. The summed E-state index contributed by atoms with van der Waals surface area (Å²) in [4.78, 5) is 24.5. The van der Waals surface area contributed by atoms with Gasteiger partial charge in [0.05, 0.1) is 23.1 Å². The minimum absolute atomic E-state index is 0.0515. The van der Waals surface area contributed by atoms with Gasteiger partial charge in [0.25, 0.3) is 0 Å². The molecule has 6 nitrogen and oxygen atoms in total. The third-order valence-corrected chi connectivity index (χ3v) is 5.58. The van der Waals surface area contributed by atoms with Crippen LogP contribution >= 0.6 is 15.9 Å². The molecular weight excluding hydrogens is 428 g/mol. The number of ether oxygens (including phenoxy) is 4. The third kappa shape index (κ3) is 5.35. The van der Waals surface area contributed by atoms with Gasteiger partial charge < -0.3 is 18.9 Å². The Kier molecular flexibility index (Phi) is 7.50. The standard InChI is InChI=1S/C21H25BrO6/c1-2-3-10-25-20(23)13-26-14-8-9-15-18(11-14)27-12-19(21(15)24)28-17-7-5-4-6-16(17)22/h4-7,12,14-15,18H,2-3,8-11,13H2,1H3. The summed E-state index contributed by atoms with van der Waals surface area (Å²) >= 11 is 3.41. The lowest BCUT2D eigenvalue weighted by molar-refractivity contribution is -0.154. The van der Waals surface area contributed by atoms with E-state index in [2.05, 4.69) is 15.9 Å². The molecule has 3 unspecified atom stereocenters. The predicted molar refractivity (Wildman–Crippen MR) is 106 cm³/mol. The molecule has 0 amide bonds. The molecule has 0 bridgehead atoms. The van der Waals surface area contributed by atoms with Gasteiger partial charge >= 0.3 is 5.97 Å². The van der Waals surface area contributed by atoms with E-state index in [9.17, 15) is 9.59 Å². The normalized spacial score (nSPS) is 24.0. The summed E-state index contributed by atoms with van der Waals surface area (Å²) in [6.45, 7) is 2.40. The lowest BCUT2D eigenvalue weighted by Gasteiger charge is -2.37. The first kappa shape index (κ1) is 20.9. The highest BCUT2D eigenvalue weighted by atomic mass is 79.9. The molecule has 1 fully saturated rings. The van der Waals surface area contributed by atoms with Crippen molar-refractivity contribution in [2.75, 3.05) is 13.2 Å². The van der Waals surface area contributed by atoms with Gasteiger partial charge in [-0.3, -0.25) is 4.79 Å². The number of fused-ring (bicyclic) bond motifs is 1. The van der Waals surface area contributed by atoms with Crippen LogP contribution in [-0.2, 0) is 23.8 Å². The number of halogens is 1. The zero-order chi connectivity index (χ0) is 19.9. The molecule has 2 aliphatic rings. The van der Waals surface area contributed by atoms with E-state index in [1.165, 1.54) is 6.26 Å². The lowest BCUT2D eigenvalue weighted by atomic mass is 9.80. The molecule has 0 saturated heterocycles. The molecule has 1 aromatic rings. The summed E-state index contributed by atoms with van der Waals surface area (Å²) in [6, 6.07) is 7.35.